The Morgan fingerprint density at radius 2 is 2.00 bits per heavy atom. The second kappa shape index (κ2) is 6.47. The van der Waals surface area contributed by atoms with Gasteiger partial charge in [0, 0.05) is 23.4 Å². The van der Waals surface area contributed by atoms with Crippen LogP contribution in [0.15, 0.2) is 30.3 Å². The van der Waals surface area contributed by atoms with Crippen LogP contribution in [-0.4, -0.2) is 39.1 Å². The second-order valence-corrected chi connectivity index (χ2v) is 6.35. The Balaban J connectivity index is 1.80. The summed E-state index contributed by atoms with van der Waals surface area (Å²) in [6.07, 6.45) is 1.94. The molecule has 0 spiro atoms. The quantitative estimate of drug-likeness (QED) is 0.932. The SMILES string of the molecule is Cc1cc(C)n(CC2CCCN2C(=O)c2cccc(C(N)=O)c2)n1. The maximum Gasteiger partial charge on any atom is 0.254 e. The third-order valence-corrected chi connectivity index (χ3v) is 4.52. The van der Waals surface area contributed by atoms with Gasteiger partial charge in [-0.25, -0.2) is 0 Å². The van der Waals surface area contributed by atoms with Crippen LogP contribution >= 0.6 is 0 Å². The van der Waals surface area contributed by atoms with Crippen LogP contribution in [0, 0.1) is 13.8 Å². The number of likely N-dealkylation sites (tertiary alicyclic amines) is 1. The standard InChI is InChI=1S/C18H22N4O2/c1-12-9-13(2)22(20-12)11-16-7-4-8-21(16)18(24)15-6-3-5-14(10-15)17(19)23/h3,5-6,9-10,16H,4,7-8,11H2,1-2H3,(H2,19,23). The average molecular weight is 326 g/mol. The van der Waals surface area contributed by atoms with Gasteiger partial charge >= 0.3 is 0 Å². The average Bonchev–Trinajstić information content (AvgIpc) is 3.13. The fraction of sp³-hybridized carbons (Fsp3) is 0.389. The Morgan fingerprint density at radius 3 is 2.67 bits per heavy atom. The highest BCUT2D eigenvalue weighted by atomic mass is 16.2. The predicted molar refractivity (Wildman–Crippen MR) is 90.7 cm³/mol. The van der Waals surface area contributed by atoms with Crippen LogP contribution in [0.5, 0.6) is 0 Å². The summed E-state index contributed by atoms with van der Waals surface area (Å²) in [5.41, 5.74) is 8.26. The molecule has 1 saturated heterocycles. The summed E-state index contributed by atoms with van der Waals surface area (Å²) < 4.78 is 1.96. The molecule has 2 N–H and O–H groups in total. The number of rotatable bonds is 4. The number of amides is 2. The van der Waals surface area contributed by atoms with E-state index in [-0.39, 0.29) is 11.9 Å². The molecule has 1 aromatic heterocycles. The number of aryl methyl sites for hydroxylation is 2. The molecule has 24 heavy (non-hydrogen) atoms. The molecule has 2 heterocycles. The summed E-state index contributed by atoms with van der Waals surface area (Å²) >= 11 is 0. The van der Waals surface area contributed by atoms with E-state index in [4.69, 9.17) is 5.73 Å². The molecule has 126 valence electrons. The van der Waals surface area contributed by atoms with Crippen molar-refractivity contribution >= 4 is 11.8 Å². The molecule has 0 saturated carbocycles. The number of aromatic nitrogens is 2. The minimum atomic E-state index is -0.523. The lowest BCUT2D eigenvalue weighted by Gasteiger charge is -2.25. The number of benzene rings is 1. The van der Waals surface area contributed by atoms with Gasteiger partial charge in [-0.05, 0) is 51.0 Å². The Bertz CT molecular complexity index is 781. The van der Waals surface area contributed by atoms with Crippen molar-refractivity contribution < 1.29 is 9.59 Å². The first-order valence-corrected chi connectivity index (χ1v) is 8.17. The van der Waals surface area contributed by atoms with E-state index in [0.29, 0.717) is 17.7 Å². The third-order valence-electron chi connectivity index (χ3n) is 4.52. The lowest BCUT2D eigenvalue weighted by atomic mass is 10.1. The van der Waals surface area contributed by atoms with Crippen LogP contribution in [0.3, 0.4) is 0 Å². The van der Waals surface area contributed by atoms with Crippen molar-refractivity contribution in [3.63, 3.8) is 0 Å². The summed E-state index contributed by atoms with van der Waals surface area (Å²) in [4.78, 5) is 26.1. The van der Waals surface area contributed by atoms with Gasteiger partial charge in [-0.2, -0.15) is 5.10 Å². The van der Waals surface area contributed by atoms with Crippen LogP contribution < -0.4 is 5.73 Å². The number of hydrogen-bond donors (Lipinski definition) is 1. The molecule has 1 aliphatic rings. The number of carbonyl (C=O) groups is 2. The molecule has 0 bridgehead atoms. The van der Waals surface area contributed by atoms with Crippen LogP contribution in [0.4, 0.5) is 0 Å². The van der Waals surface area contributed by atoms with Crippen molar-refractivity contribution in [1.29, 1.82) is 0 Å². The van der Waals surface area contributed by atoms with Gasteiger partial charge in [-0.3, -0.25) is 14.3 Å². The zero-order chi connectivity index (χ0) is 17.3. The topological polar surface area (TPSA) is 81.2 Å². The fourth-order valence-electron chi connectivity index (χ4n) is 3.32. The first-order chi connectivity index (χ1) is 11.5. The van der Waals surface area contributed by atoms with Crippen molar-refractivity contribution in [1.82, 2.24) is 14.7 Å². The smallest absolute Gasteiger partial charge is 0.254 e. The van der Waals surface area contributed by atoms with Crippen LogP contribution in [0.2, 0.25) is 0 Å². The van der Waals surface area contributed by atoms with Gasteiger partial charge in [0.2, 0.25) is 5.91 Å². The number of nitrogens with two attached hydrogens (primary N) is 1. The van der Waals surface area contributed by atoms with Crippen molar-refractivity contribution in [2.24, 2.45) is 5.73 Å². The monoisotopic (exact) mass is 326 g/mol. The Kier molecular flexibility index (Phi) is 4.38. The predicted octanol–water partition coefficient (Wildman–Crippen LogP) is 1.90. The number of hydrogen-bond acceptors (Lipinski definition) is 3. The molecule has 1 unspecified atom stereocenters. The van der Waals surface area contributed by atoms with Crippen molar-refractivity contribution in [3.8, 4) is 0 Å². The first-order valence-electron chi connectivity index (χ1n) is 8.17. The number of carbonyl (C=O) groups excluding carboxylic acids is 2. The molecule has 2 amide bonds. The van der Waals surface area contributed by atoms with E-state index in [0.717, 1.165) is 30.8 Å². The first kappa shape index (κ1) is 16.2. The molecule has 6 heteroatoms. The maximum atomic E-state index is 12.9. The van der Waals surface area contributed by atoms with Crippen LogP contribution in [0.1, 0.15) is 44.9 Å². The Labute approximate surface area is 141 Å². The van der Waals surface area contributed by atoms with E-state index in [2.05, 4.69) is 5.10 Å². The molecular formula is C18H22N4O2. The molecule has 6 nitrogen and oxygen atoms in total. The van der Waals surface area contributed by atoms with Gasteiger partial charge < -0.3 is 10.6 Å². The molecule has 2 aromatic rings. The van der Waals surface area contributed by atoms with E-state index < -0.39 is 5.91 Å². The molecule has 3 rings (SSSR count). The van der Waals surface area contributed by atoms with Crippen molar-refractivity contribution in [2.45, 2.75) is 39.3 Å². The molecule has 1 aliphatic heterocycles. The number of primary amides is 1. The van der Waals surface area contributed by atoms with E-state index in [1.807, 2.05) is 29.5 Å². The van der Waals surface area contributed by atoms with E-state index in [1.54, 1.807) is 24.3 Å². The lowest BCUT2D eigenvalue weighted by Crippen LogP contribution is -2.38. The van der Waals surface area contributed by atoms with Gasteiger partial charge in [0.25, 0.3) is 5.91 Å². The summed E-state index contributed by atoms with van der Waals surface area (Å²) in [5, 5.41) is 4.50. The Morgan fingerprint density at radius 1 is 1.25 bits per heavy atom. The summed E-state index contributed by atoms with van der Waals surface area (Å²) in [5.74, 6) is -0.576. The molecule has 1 atom stereocenters. The van der Waals surface area contributed by atoms with Gasteiger partial charge in [0.05, 0.1) is 18.3 Å². The van der Waals surface area contributed by atoms with Gasteiger partial charge in [0.15, 0.2) is 0 Å². The minimum Gasteiger partial charge on any atom is -0.366 e. The second-order valence-electron chi connectivity index (χ2n) is 6.35. The minimum absolute atomic E-state index is 0.0536. The van der Waals surface area contributed by atoms with Crippen LogP contribution in [0.25, 0.3) is 0 Å². The largest absolute Gasteiger partial charge is 0.366 e. The molecule has 1 aromatic carbocycles. The zero-order valence-electron chi connectivity index (χ0n) is 14.0. The molecular weight excluding hydrogens is 304 g/mol. The Hall–Kier alpha value is -2.63. The number of nitrogens with zero attached hydrogens (tertiary/aromatic N) is 3. The van der Waals surface area contributed by atoms with Gasteiger partial charge in [-0.15, -0.1) is 0 Å². The fourth-order valence-corrected chi connectivity index (χ4v) is 3.32. The zero-order valence-corrected chi connectivity index (χ0v) is 14.0. The van der Waals surface area contributed by atoms with E-state index >= 15 is 0 Å². The highest BCUT2D eigenvalue weighted by Gasteiger charge is 2.30. The van der Waals surface area contributed by atoms with Crippen molar-refractivity contribution in [2.75, 3.05) is 6.54 Å². The summed E-state index contributed by atoms with van der Waals surface area (Å²) in [6, 6.07) is 8.78. The highest BCUT2D eigenvalue weighted by Crippen LogP contribution is 2.22. The van der Waals surface area contributed by atoms with Crippen LogP contribution in [-0.2, 0) is 6.54 Å². The third kappa shape index (κ3) is 3.18. The van der Waals surface area contributed by atoms with Gasteiger partial charge in [0.1, 0.15) is 0 Å². The molecule has 1 fully saturated rings. The summed E-state index contributed by atoms with van der Waals surface area (Å²) in [7, 11) is 0. The molecule has 0 radical (unpaired) electrons. The maximum absolute atomic E-state index is 12.9. The normalized spacial score (nSPS) is 17.2. The lowest BCUT2D eigenvalue weighted by molar-refractivity contribution is 0.0721. The van der Waals surface area contributed by atoms with E-state index in [1.165, 1.54) is 0 Å². The van der Waals surface area contributed by atoms with E-state index in [9.17, 15) is 9.59 Å². The van der Waals surface area contributed by atoms with Gasteiger partial charge in [-0.1, -0.05) is 6.07 Å². The van der Waals surface area contributed by atoms with Crippen molar-refractivity contribution in [3.05, 3.63) is 52.8 Å². The summed E-state index contributed by atoms with van der Waals surface area (Å²) in [6.45, 7) is 5.42. The highest BCUT2D eigenvalue weighted by molar-refractivity contribution is 5.99. The molecule has 0 aliphatic carbocycles.